The van der Waals surface area contributed by atoms with Crippen molar-refractivity contribution in [3.05, 3.63) is 99.7 Å². The smallest absolute Gasteiger partial charge is 0.268 e. The van der Waals surface area contributed by atoms with E-state index in [-0.39, 0.29) is 35.2 Å². The first-order valence-electron chi connectivity index (χ1n) is 8.93. The Kier molecular flexibility index (Phi) is 6.22. The van der Waals surface area contributed by atoms with Gasteiger partial charge in [0, 0.05) is 19.7 Å². The van der Waals surface area contributed by atoms with Crippen LogP contribution in [0.25, 0.3) is 0 Å². The SMILES string of the molecule is Cn1cc(OCc2ccccc2)c(=O)cc1C(=O)NCCc1ccc(F)cc1. The summed E-state index contributed by atoms with van der Waals surface area (Å²) in [6.45, 7) is 0.657. The van der Waals surface area contributed by atoms with Gasteiger partial charge in [-0.05, 0) is 29.7 Å². The van der Waals surface area contributed by atoms with Crippen molar-refractivity contribution in [3.63, 3.8) is 0 Å². The van der Waals surface area contributed by atoms with Crippen molar-refractivity contribution in [2.75, 3.05) is 6.54 Å². The number of aryl methyl sites for hydroxylation is 1. The third-order valence-electron chi connectivity index (χ3n) is 4.28. The Morgan fingerprint density at radius 1 is 1.07 bits per heavy atom. The zero-order chi connectivity index (χ0) is 19.9. The summed E-state index contributed by atoms with van der Waals surface area (Å²) in [5, 5.41) is 2.77. The molecule has 0 saturated carbocycles. The van der Waals surface area contributed by atoms with E-state index in [2.05, 4.69) is 5.32 Å². The standard InChI is InChI=1S/C22H21FN2O3/c1-25-14-21(28-15-17-5-3-2-4-6-17)20(26)13-19(25)22(27)24-12-11-16-7-9-18(23)10-8-16/h2-10,13-14H,11-12,15H2,1H3,(H,24,27). The number of carbonyl (C=O) groups is 1. The lowest BCUT2D eigenvalue weighted by atomic mass is 10.1. The Balaban J connectivity index is 1.60. The fraction of sp³-hybridized carbons (Fsp3) is 0.182. The first-order valence-corrected chi connectivity index (χ1v) is 8.93. The van der Waals surface area contributed by atoms with Crippen LogP contribution in [-0.4, -0.2) is 17.0 Å². The van der Waals surface area contributed by atoms with E-state index in [1.807, 2.05) is 30.3 Å². The van der Waals surface area contributed by atoms with E-state index in [1.54, 1.807) is 23.7 Å². The fourth-order valence-corrected chi connectivity index (χ4v) is 2.74. The molecule has 1 aromatic heterocycles. The zero-order valence-corrected chi connectivity index (χ0v) is 15.5. The van der Waals surface area contributed by atoms with Gasteiger partial charge in [0.05, 0.1) is 6.20 Å². The second kappa shape index (κ2) is 8.99. The maximum absolute atomic E-state index is 12.9. The second-order valence-electron chi connectivity index (χ2n) is 6.40. The molecule has 0 atom stereocenters. The largest absolute Gasteiger partial charge is 0.483 e. The number of rotatable bonds is 7. The lowest BCUT2D eigenvalue weighted by molar-refractivity contribution is 0.0945. The van der Waals surface area contributed by atoms with Gasteiger partial charge in [-0.15, -0.1) is 0 Å². The van der Waals surface area contributed by atoms with Crippen LogP contribution in [0.5, 0.6) is 5.75 Å². The van der Waals surface area contributed by atoms with Gasteiger partial charge in [-0.25, -0.2) is 4.39 Å². The van der Waals surface area contributed by atoms with Gasteiger partial charge in [-0.1, -0.05) is 42.5 Å². The highest BCUT2D eigenvalue weighted by molar-refractivity contribution is 5.92. The number of ether oxygens (including phenoxy) is 1. The number of benzene rings is 2. The van der Waals surface area contributed by atoms with E-state index in [0.717, 1.165) is 11.1 Å². The number of hydrogen-bond donors (Lipinski definition) is 1. The minimum absolute atomic E-state index is 0.189. The molecule has 0 aliphatic heterocycles. The molecule has 1 amide bonds. The van der Waals surface area contributed by atoms with E-state index < -0.39 is 0 Å². The van der Waals surface area contributed by atoms with Crippen molar-refractivity contribution in [2.24, 2.45) is 7.05 Å². The van der Waals surface area contributed by atoms with Crippen LogP contribution in [0, 0.1) is 5.82 Å². The predicted octanol–water partition coefficient (Wildman–Crippen LogP) is 3.08. The molecule has 5 nitrogen and oxygen atoms in total. The van der Waals surface area contributed by atoms with Crippen LogP contribution >= 0.6 is 0 Å². The monoisotopic (exact) mass is 380 g/mol. The molecule has 0 bridgehead atoms. The van der Waals surface area contributed by atoms with Crippen molar-refractivity contribution in [2.45, 2.75) is 13.0 Å². The molecule has 28 heavy (non-hydrogen) atoms. The summed E-state index contributed by atoms with van der Waals surface area (Å²) in [4.78, 5) is 24.7. The average Bonchev–Trinajstić information content (AvgIpc) is 2.70. The second-order valence-corrected chi connectivity index (χ2v) is 6.40. The van der Waals surface area contributed by atoms with E-state index in [9.17, 15) is 14.0 Å². The summed E-state index contributed by atoms with van der Waals surface area (Å²) < 4.78 is 20.1. The van der Waals surface area contributed by atoms with E-state index in [4.69, 9.17) is 4.74 Å². The van der Waals surface area contributed by atoms with Gasteiger partial charge < -0.3 is 14.6 Å². The molecule has 0 aliphatic carbocycles. The number of pyridine rings is 1. The van der Waals surface area contributed by atoms with Crippen molar-refractivity contribution >= 4 is 5.91 Å². The summed E-state index contributed by atoms with van der Waals surface area (Å²) in [5.74, 6) is -0.456. The molecular formula is C22H21FN2O3. The molecule has 3 aromatic rings. The molecule has 1 heterocycles. The van der Waals surface area contributed by atoms with Crippen LogP contribution in [0.2, 0.25) is 0 Å². The normalized spacial score (nSPS) is 10.5. The number of amides is 1. The van der Waals surface area contributed by atoms with Crippen LogP contribution in [0.1, 0.15) is 21.6 Å². The first kappa shape index (κ1) is 19.4. The summed E-state index contributed by atoms with van der Waals surface area (Å²) in [5.41, 5.74) is 1.77. The maximum atomic E-state index is 12.9. The number of halogens is 1. The van der Waals surface area contributed by atoms with E-state index in [0.29, 0.717) is 13.0 Å². The van der Waals surface area contributed by atoms with Crippen LogP contribution < -0.4 is 15.5 Å². The molecule has 3 rings (SSSR count). The van der Waals surface area contributed by atoms with Crippen molar-refractivity contribution in [1.82, 2.24) is 9.88 Å². The predicted molar refractivity (Wildman–Crippen MR) is 105 cm³/mol. The number of hydrogen-bond acceptors (Lipinski definition) is 3. The molecule has 1 N–H and O–H groups in total. The Morgan fingerprint density at radius 3 is 2.50 bits per heavy atom. The minimum atomic E-state index is -0.351. The van der Waals surface area contributed by atoms with Gasteiger partial charge in [-0.2, -0.15) is 0 Å². The van der Waals surface area contributed by atoms with Crippen molar-refractivity contribution in [3.8, 4) is 5.75 Å². The molecular weight excluding hydrogens is 359 g/mol. The van der Waals surface area contributed by atoms with Gasteiger partial charge in [-0.3, -0.25) is 9.59 Å². The Labute approximate surface area is 162 Å². The molecule has 0 radical (unpaired) electrons. The molecule has 0 unspecified atom stereocenters. The van der Waals surface area contributed by atoms with E-state index in [1.165, 1.54) is 24.4 Å². The summed E-state index contributed by atoms with van der Waals surface area (Å²) in [6, 6.07) is 16.9. The lowest BCUT2D eigenvalue weighted by Crippen LogP contribution is -2.29. The molecule has 0 spiro atoms. The van der Waals surface area contributed by atoms with Gasteiger partial charge in [0.2, 0.25) is 5.43 Å². The average molecular weight is 380 g/mol. The Morgan fingerprint density at radius 2 is 1.79 bits per heavy atom. The molecule has 144 valence electrons. The number of aromatic nitrogens is 1. The summed E-state index contributed by atoms with van der Waals surface area (Å²) in [6.07, 6.45) is 2.08. The molecule has 0 aliphatic rings. The number of nitrogens with zero attached hydrogens (tertiary/aromatic N) is 1. The highest BCUT2D eigenvalue weighted by Crippen LogP contribution is 2.09. The quantitative estimate of drug-likeness (QED) is 0.685. The molecule has 0 saturated heterocycles. The molecule has 0 fully saturated rings. The third kappa shape index (κ3) is 5.07. The van der Waals surface area contributed by atoms with Gasteiger partial charge >= 0.3 is 0 Å². The van der Waals surface area contributed by atoms with Gasteiger partial charge in [0.1, 0.15) is 18.1 Å². The first-order chi connectivity index (χ1) is 13.5. The lowest BCUT2D eigenvalue weighted by Gasteiger charge is -2.12. The van der Waals surface area contributed by atoms with E-state index >= 15 is 0 Å². The third-order valence-corrected chi connectivity index (χ3v) is 4.28. The number of carbonyl (C=O) groups excluding carboxylic acids is 1. The van der Waals surface area contributed by atoms with Crippen LogP contribution in [0.3, 0.4) is 0 Å². The van der Waals surface area contributed by atoms with Crippen LogP contribution in [0.15, 0.2) is 71.7 Å². The van der Waals surface area contributed by atoms with Crippen molar-refractivity contribution < 1.29 is 13.9 Å². The number of nitrogens with one attached hydrogen (secondary N) is 1. The Bertz CT molecular complexity index is 999. The summed E-state index contributed by atoms with van der Waals surface area (Å²) in [7, 11) is 1.68. The zero-order valence-electron chi connectivity index (χ0n) is 15.5. The molecule has 2 aromatic carbocycles. The van der Waals surface area contributed by atoms with Gasteiger partial charge in [0.25, 0.3) is 5.91 Å². The van der Waals surface area contributed by atoms with Crippen LogP contribution in [0.4, 0.5) is 4.39 Å². The maximum Gasteiger partial charge on any atom is 0.268 e. The van der Waals surface area contributed by atoms with Gasteiger partial charge in [0.15, 0.2) is 5.75 Å². The highest BCUT2D eigenvalue weighted by Gasteiger charge is 2.12. The fourth-order valence-electron chi connectivity index (χ4n) is 2.74. The Hall–Kier alpha value is -3.41. The summed E-state index contributed by atoms with van der Waals surface area (Å²) >= 11 is 0. The van der Waals surface area contributed by atoms with Crippen LogP contribution in [-0.2, 0) is 20.1 Å². The minimum Gasteiger partial charge on any atom is -0.483 e. The van der Waals surface area contributed by atoms with Crippen molar-refractivity contribution in [1.29, 1.82) is 0 Å². The molecule has 6 heteroatoms. The topological polar surface area (TPSA) is 60.3 Å². The highest BCUT2D eigenvalue weighted by atomic mass is 19.1.